The maximum absolute atomic E-state index is 5.47. The number of nitrogens with one attached hydrogen (secondary N) is 2. The van der Waals surface area contributed by atoms with Gasteiger partial charge in [0.25, 0.3) is 0 Å². The average molecular weight is 441 g/mol. The summed E-state index contributed by atoms with van der Waals surface area (Å²) in [6.45, 7) is 7.17. The van der Waals surface area contributed by atoms with Crippen LogP contribution in [0.5, 0.6) is 0 Å². The van der Waals surface area contributed by atoms with Gasteiger partial charge in [-0.1, -0.05) is 38.1 Å². The van der Waals surface area contributed by atoms with E-state index in [4.69, 9.17) is 4.74 Å². The molecule has 8 heteroatoms. The summed E-state index contributed by atoms with van der Waals surface area (Å²) < 4.78 is 5.47. The molecule has 0 aliphatic carbocycles. The van der Waals surface area contributed by atoms with Gasteiger partial charge < -0.3 is 20.3 Å². The summed E-state index contributed by atoms with van der Waals surface area (Å²) in [7, 11) is 0. The first-order valence-electron chi connectivity index (χ1n) is 10.5. The number of hydrogen-bond acceptors (Lipinski definition) is 7. The Hall–Kier alpha value is -2.90. The Morgan fingerprint density at radius 1 is 0.742 bits per heavy atom. The molecule has 1 aromatic heterocycles. The minimum absolute atomic E-state index is 0. The van der Waals surface area contributed by atoms with Gasteiger partial charge in [-0.25, -0.2) is 0 Å². The second-order valence-corrected chi connectivity index (χ2v) is 7.23. The Morgan fingerprint density at radius 3 is 1.61 bits per heavy atom. The number of benzene rings is 2. The quantitative estimate of drug-likeness (QED) is 0.549. The van der Waals surface area contributed by atoms with Gasteiger partial charge in [-0.2, -0.15) is 15.0 Å². The van der Waals surface area contributed by atoms with E-state index in [0.717, 1.165) is 37.3 Å². The maximum atomic E-state index is 5.47. The Kier molecular flexibility index (Phi) is 8.03. The Labute approximate surface area is 189 Å². The highest BCUT2D eigenvalue weighted by Crippen LogP contribution is 2.21. The van der Waals surface area contributed by atoms with Crippen molar-refractivity contribution in [1.82, 2.24) is 15.0 Å². The van der Waals surface area contributed by atoms with Crippen LogP contribution < -0.4 is 15.5 Å². The molecule has 0 saturated carbocycles. The fraction of sp³-hybridized carbons (Fsp3) is 0.348. The topological polar surface area (TPSA) is 75.2 Å². The van der Waals surface area contributed by atoms with E-state index >= 15 is 0 Å². The van der Waals surface area contributed by atoms with Gasteiger partial charge in [0.1, 0.15) is 0 Å². The molecule has 2 heterocycles. The zero-order chi connectivity index (χ0) is 20.8. The Morgan fingerprint density at radius 2 is 1.19 bits per heavy atom. The van der Waals surface area contributed by atoms with Crippen LogP contribution in [0.1, 0.15) is 25.0 Å². The number of halogens is 1. The standard InChI is InChI=1S/C23H28N6O.ClH/c1-3-17-5-9-19(10-6-17)24-21-26-22(25-20-11-7-18(4-2)8-12-20)28-23(27-21)29-13-15-30-16-14-29;/h5-12H,3-4,13-16H2,1-2H3,(H2,24,25,26,27,28);1H. The molecule has 0 radical (unpaired) electrons. The second-order valence-electron chi connectivity index (χ2n) is 7.23. The molecule has 0 bridgehead atoms. The van der Waals surface area contributed by atoms with Crippen LogP contribution >= 0.6 is 12.4 Å². The molecule has 0 amide bonds. The number of aromatic nitrogens is 3. The number of morpholine rings is 1. The van der Waals surface area contributed by atoms with Crippen molar-refractivity contribution in [2.24, 2.45) is 0 Å². The van der Waals surface area contributed by atoms with E-state index < -0.39 is 0 Å². The SMILES string of the molecule is CCc1ccc(Nc2nc(Nc3ccc(CC)cc3)nc(N3CCOCC3)n2)cc1.Cl. The van der Waals surface area contributed by atoms with E-state index in [-0.39, 0.29) is 12.4 Å². The van der Waals surface area contributed by atoms with Gasteiger partial charge in [0.15, 0.2) is 0 Å². The molecule has 0 atom stereocenters. The van der Waals surface area contributed by atoms with Crippen molar-refractivity contribution in [2.75, 3.05) is 41.8 Å². The highest BCUT2D eigenvalue weighted by molar-refractivity contribution is 5.85. The van der Waals surface area contributed by atoms with Crippen LogP contribution in [0.2, 0.25) is 0 Å². The molecule has 7 nitrogen and oxygen atoms in total. The lowest BCUT2D eigenvalue weighted by Gasteiger charge is -2.27. The van der Waals surface area contributed by atoms with Crippen LogP contribution in [0.4, 0.5) is 29.2 Å². The van der Waals surface area contributed by atoms with Crippen LogP contribution in [0.25, 0.3) is 0 Å². The van der Waals surface area contributed by atoms with E-state index in [1.807, 2.05) is 24.3 Å². The summed E-state index contributed by atoms with van der Waals surface area (Å²) in [5.74, 6) is 1.68. The zero-order valence-electron chi connectivity index (χ0n) is 18.0. The predicted molar refractivity (Wildman–Crippen MR) is 128 cm³/mol. The van der Waals surface area contributed by atoms with Gasteiger partial charge in [0, 0.05) is 24.5 Å². The molecule has 0 spiro atoms. The molecule has 2 N–H and O–H groups in total. The molecule has 1 fully saturated rings. The molecule has 1 saturated heterocycles. The lowest BCUT2D eigenvalue weighted by atomic mass is 10.1. The van der Waals surface area contributed by atoms with Crippen molar-refractivity contribution in [2.45, 2.75) is 26.7 Å². The zero-order valence-corrected chi connectivity index (χ0v) is 18.8. The number of aryl methyl sites for hydroxylation is 2. The summed E-state index contributed by atoms with van der Waals surface area (Å²) in [6.07, 6.45) is 2.02. The van der Waals surface area contributed by atoms with Gasteiger partial charge in [0.2, 0.25) is 17.8 Å². The number of ether oxygens (including phenoxy) is 1. The van der Waals surface area contributed by atoms with Crippen LogP contribution in [-0.4, -0.2) is 41.3 Å². The molecule has 3 aromatic rings. The molecular formula is C23H29ClN6O. The number of anilines is 5. The third-order valence-electron chi connectivity index (χ3n) is 5.15. The monoisotopic (exact) mass is 440 g/mol. The normalized spacial score (nSPS) is 13.4. The van der Waals surface area contributed by atoms with E-state index in [1.165, 1.54) is 11.1 Å². The number of rotatable bonds is 7. The summed E-state index contributed by atoms with van der Waals surface area (Å²) >= 11 is 0. The first kappa shape index (κ1) is 22.8. The Balaban J connectivity index is 0.00000272. The highest BCUT2D eigenvalue weighted by Gasteiger charge is 2.17. The predicted octanol–water partition coefficient (Wildman–Crippen LogP) is 4.74. The number of nitrogens with zero attached hydrogens (tertiary/aromatic N) is 4. The molecular weight excluding hydrogens is 412 g/mol. The summed E-state index contributed by atoms with van der Waals surface area (Å²) in [4.78, 5) is 16.1. The summed E-state index contributed by atoms with van der Waals surface area (Å²) in [5, 5.41) is 6.64. The first-order valence-corrected chi connectivity index (χ1v) is 10.5. The van der Waals surface area contributed by atoms with Crippen LogP contribution in [-0.2, 0) is 17.6 Å². The molecule has 1 aliphatic rings. The molecule has 164 valence electrons. The maximum Gasteiger partial charge on any atom is 0.233 e. The average Bonchev–Trinajstić information content (AvgIpc) is 2.80. The summed E-state index contributed by atoms with van der Waals surface area (Å²) in [5.41, 5.74) is 4.49. The molecule has 1 aliphatic heterocycles. The van der Waals surface area contributed by atoms with Crippen molar-refractivity contribution in [3.05, 3.63) is 59.7 Å². The minimum atomic E-state index is 0. The molecule has 4 rings (SSSR count). The lowest BCUT2D eigenvalue weighted by molar-refractivity contribution is 0.122. The largest absolute Gasteiger partial charge is 0.378 e. The number of hydrogen-bond donors (Lipinski definition) is 2. The first-order chi connectivity index (χ1) is 14.7. The highest BCUT2D eigenvalue weighted by atomic mass is 35.5. The van der Waals surface area contributed by atoms with E-state index in [9.17, 15) is 0 Å². The van der Waals surface area contributed by atoms with Crippen molar-refractivity contribution in [3.8, 4) is 0 Å². The van der Waals surface area contributed by atoms with Crippen molar-refractivity contribution >= 4 is 41.6 Å². The molecule has 0 unspecified atom stereocenters. The van der Waals surface area contributed by atoms with E-state index in [1.54, 1.807) is 0 Å². The Bertz CT molecular complexity index is 891. The van der Waals surface area contributed by atoms with Gasteiger partial charge in [0.05, 0.1) is 13.2 Å². The van der Waals surface area contributed by atoms with Crippen LogP contribution in [0, 0.1) is 0 Å². The molecule has 2 aromatic carbocycles. The van der Waals surface area contributed by atoms with Crippen LogP contribution in [0.3, 0.4) is 0 Å². The smallest absolute Gasteiger partial charge is 0.233 e. The van der Waals surface area contributed by atoms with Gasteiger partial charge in [-0.15, -0.1) is 12.4 Å². The third kappa shape index (κ3) is 6.06. The van der Waals surface area contributed by atoms with Crippen molar-refractivity contribution < 1.29 is 4.74 Å². The fourth-order valence-corrected chi connectivity index (χ4v) is 3.29. The van der Waals surface area contributed by atoms with Gasteiger partial charge >= 0.3 is 0 Å². The van der Waals surface area contributed by atoms with Crippen LogP contribution in [0.15, 0.2) is 48.5 Å². The van der Waals surface area contributed by atoms with E-state index in [2.05, 4.69) is 68.6 Å². The molecule has 31 heavy (non-hydrogen) atoms. The second kappa shape index (κ2) is 10.9. The van der Waals surface area contributed by atoms with Gasteiger partial charge in [-0.3, -0.25) is 0 Å². The van der Waals surface area contributed by atoms with Crippen molar-refractivity contribution in [1.29, 1.82) is 0 Å². The summed E-state index contributed by atoms with van der Waals surface area (Å²) in [6, 6.07) is 16.6. The van der Waals surface area contributed by atoms with Gasteiger partial charge in [-0.05, 0) is 48.2 Å². The van der Waals surface area contributed by atoms with Crippen molar-refractivity contribution in [3.63, 3.8) is 0 Å². The van der Waals surface area contributed by atoms with E-state index in [0.29, 0.717) is 31.1 Å². The fourth-order valence-electron chi connectivity index (χ4n) is 3.29. The minimum Gasteiger partial charge on any atom is -0.378 e. The lowest BCUT2D eigenvalue weighted by Crippen LogP contribution is -2.37. The third-order valence-corrected chi connectivity index (χ3v) is 5.15.